The molecule has 27 heavy (non-hydrogen) atoms. The van der Waals surface area contributed by atoms with E-state index in [-0.39, 0.29) is 29.0 Å². The number of carbonyl (C=O) groups excluding carboxylic acids is 1. The number of H-pyrrole nitrogens is 1. The van der Waals surface area contributed by atoms with Crippen LogP contribution in [0.25, 0.3) is 22.3 Å². The van der Waals surface area contributed by atoms with Gasteiger partial charge in [-0.2, -0.15) is 4.98 Å². The highest BCUT2D eigenvalue weighted by Gasteiger charge is 2.18. The van der Waals surface area contributed by atoms with E-state index < -0.39 is 17.2 Å². The summed E-state index contributed by atoms with van der Waals surface area (Å²) in [4.78, 5) is 51.4. The first kappa shape index (κ1) is 16.6. The maximum atomic E-state index is 12.7. The van der Waals surface area contributed by atoms with Gasteiger partial charge < -0.3 is 9.73 Å². The largest absolute Gasteiger partial charge is 0.437 e. The molecule has 0 atom stereocenters. The Hall–Kier alpha value is -3.82. The molecule has 4 rings (SSSR count). The molecular weight excluding hydrogens is 352 g/mol. The van der Waals surface area contributed by atoms with Crippen molar-refractivity contribution in [3.63, 3.8) is 0 Å². The summed E-state index contributed by atoms with van der Waals surface area (Å²) in [6, 6.07) is 4.93. The number of pyridine rings is 2. The SMILES string of the molecule is Cc1cc(C(=O)NCc2nc3ncccc3o2)c2c(=O)[nH]c(=O)n(C)c2n1. The molecule has 0 saturated heterocycles. The number of carbonyl (C=O) groups is 1. The van der Waals surface area contributed by atoms with Gasteiger partial charge in [-0.1, -0.05) is 0 Å². The highest BCUT2D eigenvalue weighted by Crippen LogP contribution is 2.15. The van der Waals surface area contributed by atoms with E-state index in [1.54, 1.807) is 25.3 Å². The van der Waals surface area contributed by atoms with Crippen LogP contribution in [0.15, 0.2) is 38.4 Å². The zero-order valence-corrected chi connectivity index (χ0v) is 14.4. The van der Waals surface area contributed by atoms with Gasteiger partial charge in [0.2, 0.25) is 5.89 Å². The van der Waals surface area contributed by atoms with Gasteiger partial charge in [0.1, 0.15) is 5.65 Å². The van der Waals surface area contributed by atoms with Gasteiger partial charge in [-0.3, -0.25) is 19.1 Å². The molecule has 0 spiro atoms. The van der Waals surface area contributed by atoms with Gasteiger partial charge in [-0.05, 0) is 25.1 Å². The molecule has 0 aliphatic carbocycles. The lowest BCUT2D eigenvalue weighted by Gasteiger charge is -2.09. The van der Waals surface area contributed by atoms with E-state index in [1.807, 2.05) is 0 Å². The van der Waals surface area contributed by atoms with Crippen LogP contribution in [0.1, 0.15) is 21.9 Å². The fourth-order valence-electron chi connectivity index (χ4n) is 2.78. The second-order valence-electron chi connectivity index (χ2n) is 5.94. The van der Waals surface area contributed by atoms with Gasteiger partial charge in [0, 0.05) is 18.9 Å². The molecular formula is C17H14N6O4. The number of aromatic nitrogens is 5. The maximum absolute atomic E-state index is 12.7. The van der Waals surface area contributed by atoms with Crippen molar-refractivity contribution in [1.29, 1.82) is 0 Å². The number of aromatic amines is 1. The molecule has 0 unspecified atom stereocenters. The monoisotopic (exact) mass is 366 g/mol. The van der Waals surface area contributed by atoms with E-state index >= 15 is 0 Å². The second-order valence-corrected chi connectivity index (χ2v) is 5.94. The maximum Gasteiger partial charge on any atom is 0.329 e. The standard InChI is InChI=1S/C17H14N6O4/c1-8-6-9(12-14(20-8)23(2)17(26)22-16(12)25)15(24)19-7-11-21-13-10(27-11)4-3-5-18-13/h3-6H,7H2,1-2H3,(H,19,24)(H,22,25,26). The number of nitrogens with zero attached hydrogens (tertiary/aromatic N) is 4. The Kier molecular flexibility index (Phi) is 3.80. The molecule has 4 aromatic rings. The minimum Gasteiger partial charge on any atom is -0.437 e. The molecule has 0 aromatic carbocycles. The van der Waals surface area contributed by atoms with Crippen molar-refractivity contribution in [3.05, 3.63) is 62.4 Å². The first-order chi connectivity index (χ1) is 12.9. The Morgan fingerprint density at radius 3 is 2.93 bits per heavy atom. The van der Waals surface area contributed by atoms with Crippen LogP contribution in [0.4, 0.5) is 0 Å². The Morgan fingerprint density at radius 2 is 2.15 bits per heavy atom. The van der Waals surface area contributed by atoms with Crippen LogP contribution in [0, 0.1) is 6.92 Å². The first-order valence-electron chi connectivity index (χ1n) is 8.03. The molecule has 10 heteroatoms. The average Bonchev–Trinajstić information content (AvgIpc) is 3.06. The summed E-state index contributed by atoms with van der Waals surface area (Å²) >= 11 is 0. The Morgan fingerprint density at radius 1 is 1.33 bits per heavy atom. The molecule has 0 aliphatic heterocycles. The summed E-state index contributed by atoms with van der Waals surface area (Å²) in [5.41, 5.74) is 0.437. The van der Waals surface area contributed by atoms with E-state index in [0.717, 1.165) is 0 Å². The average molecular weight is 366 g/mol. The minimum absolute atomic E-state index is 0.0156. The van der Waals surface area contributed by atoms with Crippen molar-refractivity contribution in [2.75, 3.05) is 0 Å². The van der Waals surface area contributed by atoms with Crippen molar-refractivity contribution in [2.45, 2.75) is 13.5 Å². The lowest BCUT2D eigenvalue weighted by atomic mass is 10.1. The third-order valence-electron chi connectivity index (χ3n) is 4.05. The van der Waals surface area contributed by atoms with Crippen molar-refractivity contribution >= 4 is 28.2 Å². The van der Waals surface area contributed by atoms with Gasteiger partial charge in [0.05, 0.1) is 17.5 Å². The van der Waals surface area contributed by atoms with Crippen LogP contribution in [0.3, 0.4) is 0 Å². The molecule has 0 saturated carbocycles. The fraction of sp³-hybridized carbons (Fsp3) is 0.176. The second kappa shape index (κ2) is 6.16. The minimum atomic E-state index is -0.670. The zero-order chi connectivity index (χ0) is 19.1. The summed E-state index contributed by atoms with van der Waals surface area (Å²) in [6.07, 6.45) is 1.59. The van der Waals surface area contributed by atoms with Gasteiger partial charge in [-0.15, -0.1) is 0 Å². The number of nitrogens with one attached hydrogen (secondary N) is 2. The van der Waals surface area contributed by atoms with Crippen molar-refractivity contribution in [3.8, 4) is 0 Å². The summed E-state index contributed by atoms with van der Waals surface area (Å²) in [5.74, 6) is -0.224. The predicted octanol–water partition coefficient (Wildman–Crippen LogP) is 0.396. The summed E-state index contributed by atoms with van der Waals surface area (Å²) in [7, 11) is 1.47. The van der Waals surface area contributed by atoms with Crippen molar-refractivity contribution in [1.82, 2.24) is 29.8 Å². The van der Waals surface area contributed by atoms with Crippen LogP contribution in [-0.4, -0.2) is 30.4 Å². The van der Waals surface area contributed by atoms with E-state index in [2.05, 4.69) is 25.3 Å². The van der Waals surface area contributed by atoms with E-state index in [9.17, 15) is 14.4 Å². The Balaban J connectivity index is 1.71. The molecule has 136 valence electrons. The molecule has 10 nitrogen and oxygen atoms in total. The molecule has 4 heterocycles. The molecule has 0 radical (unpaired) electrons. The van der Waals surface area contributed by atoms with E-state index in [4.69, 9.17) is 4.42 Å². The smallest absolute Gasteiger partial charge is 0.329 e. The van der Waals surface area contributed by atoms with E-state index in [1.165, 1.54) is 17.7 Å². The number of aryl methyl sites for hydroxylation is 2. The normalized spacial score (nSPS) is 11.2. The summed E-state index contributed by atoms with van der Waals surface area (Å²) in [5, 5.41) is 2.71. The third-order valence-corrected chi connectivity index (χ3v) is 4.05. The molecule has 0 bridgehead atoms. The van der Waals surface area contributed by atoms with Gasteiger partial charge in [0.15, 0.2) is 11.2 Å². The Labute approximate surface area is 150 Å². The Bertz CT molecular complexity index is 1280. The molecule has 0 aliphatic rings. The van der Waals surface area contributed by atoms with Crippen LogP contribution in [0.5, 0.6) is 0 Å². The summed E-state index contributed by atoms with van der Waals surface area (Å²) < 4.78 is 6.70. The topological polar surface area (TPSA) is 136 Å². The number of oxazole rings is 1. The van der Waals surface area contributed by atoms with Gasteiger partial charge in [-0.25, -0.2) is 14.8 Å². The number of hydrogen-bond donors (Lipinski definition) is 2. The molecule has 1 amide bonds. The fourth-order valence-corrected chi connectivity index (χ4v) is 2.78. The molecule has 2 N–H and O–H groups in total. The third kappa shape index (κ3) is 2.86. The van der Waals surface area contributed by atoms with Gasteiger partial charge in [0.25, 0.3) is 11.5 Å². The lowest BCUT2D eigenvalue weighted by Crippen LogP contribution is -2.32. The van der Waals surface area contributed by atoms with E-state index in [0.29, 0.717) is 16.9 Å². The highest BCUT2D eigenvalue weighted by atomic mass is 16.3. The van der Waals surface area contributed by atoms with Crippen LogP contribution in [0.2, 0.25) is 0 Å². The van der Waals surface area contributed by atoms with Crippen LogP contribution in [-0.2, 0) is 13.6 Å². The molecule has 0 fully saturated rings. The van der Waals surface area contributed by atoms with Crippen molar-refractivity contribution < 1.29 is 9.21 Å². The molecule has 4 aromatic heterocycles. The number of amides is 1. The zero-order valence-electron chi connectivity index (χ0n) is 14.4. The number of hydrogen-bond acceptors (Lipinski definition) is 7. The lowest BCUT2D eigenvalue weighted by molar-refractivity contribution is 0.0949. The number of fused-ring (bicyclic) bond motifs is 2. The van der Waals surface area contributed by atoms with Crippen molar-refractivity contribution in [2.24, 2.45) is 7.05 Å². The quantitative estimate of drug-likeness (QED) is 0.535. The van der Waals surface area contributed by atoms with Crippen LogP contribution < -0.4 is 16.6 Å². The first-order valence-corrected chi connectivity index (χ1v) is 8.03. The predicted molar refractivity (Wildman–Crippen MR) is 95.3 cm³/mol. The van der Waals surface area contributed by atoms with Gasteiger partial charge >= 0.3 is 5.69 Å². The van der Waals surface area contributed by atoms with Crippen LogP contribution >= 0.6 is 0 Å². The summed E-state index contributed by atoms with van der Waals surface area (Å²) in [6.45, 7) is 1.69. The highest BCUT2D eigenvalue weighted by molar-refractivity contribution is 6.05. The number of rotatable bonds is 3.